The first-order chi connectivity index (χ1) is 14.2. The number of aromatic nitrogens is 1. The monoisotopic (exact) mass is 396 g/mol. The lowest BCUT2D eigenvalue weighted by molar-refractivity contribution is 0.186. The van der Waals surface area contributed by atoms with Crippen molar-refractivity contribution in [1.82, 2.24) is 20.5 Å². The van der Waals surface area contributed by atoms with Gasteiger partial charge in [0, 0.05) is 44.0 Å². The van der Waals surface area contributed by atoms with Crippen LogP contribution in [0.15, 0.2) is 42.6 Å². The standard InChI is InChI=1S/C22H28N4O3/c1-28-19-4-6-20(7-5-19)29-21-14-16(8-11-23-21)15-24-22(27)25-17-9-12-26(13-10-17)18-2-3-18/h4-8,11,14,17-18H,2-3,9-10,12-13,15H2,1H3,(H2,24,25,27). The topological polar surface area (TPSA) is 75.7 Å². The lowest BCUT2D eigenvalue weighted by Crippen LogP contribution is -2.48. The number of methoxy groups -OCH3 is 1. The Hall–Kier alpha value is -2.80. The van der Waals surface area contributed by atoms with Crippen LogP contribution in [0.4, 0.5) is 4.79 Å². The Morgan fingerprint density at radius 2 is 1.83 bits per heavy atom. The molecule has 0 unspecified atom stereocenters. The molecule has 2 N–H and O–H groups in total. The van der Waals surface area contributed by atoms with Crippen LogP contribution in [-0.2, 0) is 6.54 Å². The van der Waals surface area contributed by atoms with Gasteiger partial charge in [-0.2, -0.15) is 0 Å². The number of likely N-dealkylation sites (tertiary alicyclic amines) is 1. The van der Waals surface area contributed by atoms with E-state index in [1.54, 1.807) is 13.3 Å². The fourth-order valence-electron chi connectivity index (χ4n) is 3.65. The first-order valence-electron chi connectivity index (χ1n) is 10.2. The van der Waals surface area contributed by atoms with Crippen molar-refractivity contribution >= 4 is 6.03 Å². The molecule has 0 spiro atoms. The zero-order valence-corrected chi connectivity index (χ0v) is 16.8. The van der Waals surface area contributed by atoms with E-state index in [4.69, 9.17) is 9.47 Å². The number of rotatable bonds is 7. The van der Waals surface area contributed by atoms with Crippen LogP contribution in [-0.4, -0.2) is 48.2 Å². The Labute approximate surface area is 171 Å². The van der Waals surface area contributed by atoms with E-state index in [1.807, 2.05) is 36.4 Å². The van der Waals surface area contributed by atoms with Crippen molar-refractivity contribution in [2.45, 2.75) is 44.3 Å². The summed E-state index contributed by atoms with van der Waals surface area (Å²) < 4.78 is 10.9. The molecule has 1 aromatic heterocycles. The van der Waals surface area contributed by atoms with Gasteiger partial charge in [-0.3, -0.25) is 0 Å². The molecular formula is C22H28N4O3. The number of carbonyl (C=O) groups excluding carboxylic acids is 1. The second-order valence-electron chi connectivity index (χ2n) is 7.65. The number of hydrogen-bond acceptors (Lipinski definition) is 5. The van der Waals surface area contributed by atoms with Crippen LogP contribution in [0, 0.1) is 0 Å². The number of pyridine rings is 1. The molecule has 0 bridgehead atoms. The summed E-state index contributed by atoms with van der Waals surface area (Å²) in [6.45, 7) is 2.60. The zero-order chi connectivity index (χ0) is 20.1. The van der Waals surface area contributed by atoms with Gasteiger partial charge in [-0.25, -0.2) is 9.78 Å². The quantitative estimate of drug-likeness (QED) is 0.751. The number of piperidine rings is 1. The van der Waals surface area contributed by atoms with Crippen LogP contribution in [0.5, 0.6) is 17.4 Å². The number of carbonyl (C=O) groups is 1. The third-order valence-electron chi connectivity index (χ3n) is 5.46. The summed E-state index contributed by atoms with van der Waals surface area (Å²) in [6.07, 6.45) is 6.42. The molecule has 2 amide bonds. The van der Waals surface area contributed by atoms with Crippen LogP contribution in [0.3, 0.4) is 0 Å². The third-order valence-corrected chi connectivity index (χ3v) is 5.46. The van der Waals surface area contributed by atoms with Crippen molar-refractivity contribution in [3.8, 4) is 17.4 Å². The molecule has 2 aromatic rings. The molecule has 1 aliphatic carbocycles. The Morgan fingerprint density at radius 3 is 2.52 bits per heavy atom. The van der Waals surface area contributed by atoms with Crippen molar-refractivity contribution < 1.29 is 14.3 Å². The maximum Gasteiger partial charge on any atom is 0.315 e. The van der Waals surface area contributed by atoms with E-state index in [0.717, 1.165) is 43.3 Å². The lowest BCUT2D eigenvalue weighted by Gasteiger charge is -2.32. The molecule has 2 aliphatic rings. The van der Waals surface area contributed by atoms with Crippen molar-refractivity contribution in [2.24, 2.45) is 0 Å². The van der Waals surface area contributed by atoms with Gasteiger partial charge >= 0.3 is 6.03 Å². The molecule has 7 heteroatoms. The van der Waals surface area contributed by atoms with E-state index in [-0.39, 0.29) is 12.1 Å². The molecule has 4 rings (SSSR count). The fourth-order valence-corrected chi connectivity index (χ4v) is 3.65. The van der Waals surface area contributed by atoms with Gasteiger partial charge in [-0.15, -0.1) is 0 Å². The van der Waals surface area contributed by atoms with E-state index >= 15 is 0 Å². The Morgan fingerprint density at radius 1 is 1.10 bits per heavy atom. The maximum atomic E-state index is 12.3. The average molecular weight is 396 g/mol. The predicted octanol–water partition coefficient (Wildman–Crippen LogP) is 3.31. The van der Waals surface area contributed by atoms with Crippen LogP contribution < -0.4 is 20.1 Å². The Balaban J connectivity index is 1.23. The van der Waals surface area contributed by atoms with E-state index in [9.17, 15) is 4.79 Å². The highest BCUT2D eigenvalue weighted by atomic mass is 16.5. The van der Waals surface area contributed by atoms with Gasteiger partial charge in [-0.1, -0.05) is 0 Å². The highest BCUT2D eigenvalue weighted by molar-refractivity contribution is 5.74. The van der Waals surface area contributed by atoms with Crippen LogP contribution >= 0.6 is 0 Å². The van der Waals surface area contributed by atoms with Gasteiger partial charge in [0.15, 0.2) is 0 Å². The second-order valence-corrected chi connectivity index (χ2v) is 7.65. The highest BCUT2D eigenvalue weighted by Crippen LogP contribution is 2.29. The molecule has 1 aromatic carbocycles. The molecule has 0 radical (unpaired) electrons. The summed E-state index contributed by atoms with van der Waals surface area (Å²) in [4.78, 5) is 19.0. The van der Waals surface area contributed by atoms with E-state index in [1.165, 1.54) is 12.8 Å². The lowest BCUT2D eigenvalue weighted by atomic mass is 10.1. The molecule has 2 fully saturated rings. The van der Waals surface area contributed by atoms with Crippen molar-refractivity contribution in [1.29, 1.82) is 0 Å². The SMILES string of the molecule is COc1ccc(Oc2cc(CNC(=O)NC3CCN(C4CC4)CC3)ccn2)cc1. The Bertz CT molecular complexity index is 815. The number of benzene rings is 1. The molecule has 1 saturated heterocycles. The minimum Gasteiger partial charge on any atom is -0.497 e. The smallest absolute Gasteiger partial charge is 0.315 e. The minimum absolute atomic E-state index is 0.121. The first kappa shape index (κ1) is 19.5. The van der Waals surface area contributed by atoms with Crippen LogP contribution in [0.1, 0.15) is 31.2 Å². The highest BCUT2D eigenvalue weighted by Gasteiger charge is 2.32. The van der Waals surface area contributed by atoms with Gasteiger partial charge in [0.1, 0.15) is 11.5 Å². The normalized spacial score (nSPS) is 17.6. The van der Waals surface area contributed by atoms with Crippen LogP contribution in [0.2, 0.25) is 0 Å². The van der Waals surface area contributed by atoms with Gasteiger partial charge in [-0.05, 0) is 61.6 Å². The number of ether oxygens (including phenoxy) is 2. The van der Waals surface area contributed by atoms with E-state index in [2.05, 4.69) is 20.5 Å². The number of urea groups is 1. The molecule has 154 valence electrons. The number of hydrogen-bond donors (Lipinski definition) is 2. The number of nitrogens with zero attached hydrogens (tertiary/aromatic N) is 2. The molecule has 29 heavy (non-hydrogen) atoms. The van der Waals surface area contributed by atoms with E-state index < -0.39 is 0 Å². The summed E-state index contributed by atoms with van der Waals surface area (Å²) in [7, 11) is 1.63. The van der Waals surface area contributed by atoms with Crippen LogP contribution in [0.25, 0.3) is 0 Å². The molecule has 1 aliphatic heterocycles. The van der Waals surface area contributed by atoms with Crippen molar-refractivity contribution in [2.75, 3.05) is 20.2 Å². The van der Waals surface area contributed by atoms with Crippen molar-refractivity contribution in [3.63, 3.8) is 0 Å². The number of nitrogens with one attached hydrogen (secondary N) is 2. The molecule has 1 saturated carbocycles. The maximum absolute atomic E-state index is 12.3. The molecular weight excluding hydrogens is 368 g/mol. The Kier molecular flexibility index (Phi) is 6.14. The molecule has 2 heterocycles. The summed E-state index contributed by atoms with van der Waals surface area (Å²) in [5, 5.41) is 6.03. The third kappa shape index (κ3) is 5.60. The zero-order valence-electron chi connectivity index (χ0n) is 16.8. The summed E-state index contributed by atoms with van der Waals surface area (Å²) in [5.74, 6) is 1.94. The minimum atomic E-state index is -0.121. The van der Waals surface area contributed by atoms with Gasteiger partial charge in [0.05, 0.1) is 7.11 Å². The summed E-state index contributed by atoms with van der Waals surface area (Å²) >= 11 is 0. The fraction of sp³-hybridized carbons (Fsp3) is 0.455. The predicted molar refractivity (Wildman–Crippen MR) is 110 cm³/mol. The van der Waals surface area contributed by atoms with Gasteiger partial charge in [0.2, 0.25) is 5.88 Å². The average Bonchev–Trinajstić information content (AvgIpc) is 3.59. The molecule has 7 nitrogen and oxygen atoms in total. The summed E-state index contributed by atoms with van der Waals surface area (Å²) in [5.41, 5.74) is 0.933. The first-order valence-corrected chi connectivity index (χ1v) is 10.2. The summed E-state index contributed by atoms with van der Waals surface area (Å²) in [6, 6.07) is 12.0. The largest absolute Gasteiger partial charge is 0.497 e. The van der Waals surface area contributed by atoms with Gasteiger partial charge in [0.25, 0.3) is 0 Å². The van der Waals surface area contributed by atoms with Crippen molar-refractivity contribution in [3.05, 3.63) is 48.2 Å². The molecule has 0 atom stereocenters. The number of amides is 2. The van der Waals surface area contributed by atoms with E-state index in [0.29, 0.717) is 18.2 Å². The second kappa shape index (κ2) is 9.13. The van der Waals surface area contributed by atoms with Gasteiger partial charge < -0.3 is 25.0 Å².